The van der Waals surface area contributed by atoms with Gasteiger partial charge in [-0.2, -0.15) is 0 Å². The largest absolute Gasteiger partial charge is 0.355 e. The zero-order chi connectivity index (χ0) is 14.5. The number of carbonyl (C=O) groups excluding carboxylic acids is 1. The van der Waals surface area contributed by atoms with Crippen molar-refractivity contribution in [1.82, 2.24) is 20.2 Å². The SMILES string of the molecule is O=C(NCCCn1cnc2ccccc21)[C@@H]1CCCCN1. The molecule has 1 fully saturated rings. The summed E-state index contributed by atoms with van der Waals surface area (Å²) in [6, 6.07) is 8.12. The topological polar surface area (TPSA) is 59.0 Å². The molecule has 2 N–H and O–H groups in total. The van der Waals surface area contributed by atoms with Crippen LogP contribution in [-0.4, -0.2) is 34.6 Å². The molecule has 5 nitrogen and oxygen atoms in total. The van der Waals surface area contributed by atoms with Gasteiger partial charge < -0.3 is 15.2 Å². The second-order valence-corrected chi connectivity index (χ2v) is 5.57. The highest BCUT2D eigenvalue weighted by molar-refractivity contribution is 5.81. The zero-order valence-electron chi connectivity index (χ0n) is 12.2. The van der Waals surface area contributed by atoms with Gasteiger partial charge in [0.05, 0.1) is 23.4 Å². The predicted molar refractivity (Wildman–Crippen MR) is 83.0 cm³/mol. The first-order valence-corrected chi connectivity index (χ1v) is 7.75. The van der Waals surface area contributed by atoms with E-state index in [9.17, 15) is 4.79 Å². The Morgan fingerprint density at radius 1 is 1.38 bits per heavy atom. The number of carbonyl (C=O) groups is 1. The van der Waals surface area contributed by atoms with Crippen LogP contribution >= 0.6 is 0 Å². The maximum absolute atomic E-state index is 12.0. The number of fused-ring (bicyclic) bond motifs is 1. The number of aryl methyl sites for hydroxylation is 1. The molecule has 1 aliphatic rings. The summed E-state index contributed by atoms with van der Waals surface area (Å²) in [5.74, 6) is 0.144. The summed E-state index contributed by atoms with van der Waals surface area (Å²) >= 11 is 0. The quantitative estimate of drug-likeness (QED) is 0.822. The molecule has 0 saturated carbocycles. The van der Waals surface area contributed by atoms with E-state index in [1.165, 1.54) is 6.42 Å². The molecular formula is C16H22N4O. The molecule has 21 heavy (non-hydrogen) atoms. The van der Waals surface area contributed by atoms with Crippen molar-refractivity contribution in [1.29, 1.82) is 0 Å². The molecule has 1 atom stereocenters. The van der Waals surface area contributed by atoms with Crippen molar-refractivity contribution in [2.24, 2.45) is 0 Å². The van der Waals surface area contributed by atoms with Crippen LogP contribution in [0.1, 0.15) is 25.7 Å². The van der Waals surface area contributed by atoms with E-state index in [0.29, 0.717) is 6.54 Å². The van der Waals surface area contributed by atoms with Gasteiger partial charge in [-0.15, -0.1) is 0 Å². The van der Waals surface area contributed by atoms with E-state index in [2.05, 4.69) is 26.3 Å². The van der Waals surface area contributed by atoms with Gasteiger partial charge in [0.25, 0.3) is 0 Å². The van der Waals surface area contributed by atoms with E-state index in [1.54, 1.807) is 0 Å². The lowest BCUT2D eigenvalue weighted by Gasteiger charge is -2.22. The molecule has 1 amide bonds. The fourth-order valence-corrected chi connectivity index (χ4v) is 2.85. The number of nitrogens with one attached hydrogen (secondary N) is 2. The van der Waals surface area contributed by atoms with Crippen LogP contribution in [-0.2, 0) is 11.3 Å². The molecule has 112 valence electrons. The molecule has 0 bridgehead atoms. The number of hydrogen-bond acceptors (Lipinski definition) is 3. The number of benzene rings is 1. The maximum atomic E-state index is 12.0. The number of imidazole rings is 1. The molecule has 0 aliphatic carbocycles. The number of piperidine rings is 1. The van der Waals surface area contributed by atoms with E-state index in [4.69, 9.17) is 0 Å². The Kier molecular flexibility index (Phi) is 4.50. The molecule has 5 heteroatoms. The number of nitrogens with zero attached hydrogens (tertiary/aromatic N) is 2. The zero-order valence-corrected chi connectivity index (χ0v) is 12.2. The Morgan fingerprint density at radius 3 is 3.14 bits per heavy atom. The fourth-order valence-electron chi connectivity index (χ4n) is 2.85. The predicted octanol–water partition coefficient (Wildman–Crippen LogP) is 1.68. The molecule has 1 saturated heterocycles. The third-order valence-electron chi connectivity index (χ3n) is 4.03. The minimum atomic E-state index is 0.00725. The number of aromatic nitrogens is 2. The van der Waals surface area contributed by atoms with Crippen LogP contribution in [0.5, 0.6) is 0 Å². The lowest BCUT2D eigenvalue weighted by molar-refractivity contribution is -0.123. The van der Waals surface area contributed by atoms with Crippen molar-refractivity contribution in [3.8, 4) is 0 Å². The summed E-state index contributed by atoms with van der Waals surface area (Å²) in [6.45, 7) is 2.54. The first-order valence-electron chi connectivity index (χ1n) is 7.75. The summed E-state index contributed by atoms with van der Waals surface area (Å²) in [7, 11) is 0. The Labute approximate surface area is 124 Å². The number of rotatable bonds is 5. The highest BCUT2D eigenvalue weighted by Crippen LogP contribution is 2.12. The van der Waals surface area contributed by atoms with Gasteiger partial charge in [-0.25, -0.2) is 4.98 Å². The first kappa shape index (κ1) is 14.1. The van der Waals surface area contributed by atoms with E-state index < -0.39 is 0 Å². The Morgan fingerprint density at radius 2 is 2.29 bits per heavy atom. The van der Waals surface area contributed by atoms with Crippen molar-refractivity contribution in [2.75, 3.05) is 13.1 Å². The summed E-state index contributed by atoms with van der Waals surface area (Å²) < 4.78 is 2.14. The number of para-hydroxylation sites is 2. The van der Waals surface area contributed by atoms with Gasteiger partial charge in [0.1, 0.15) is 0 Å². The van der Waals surface area contributed by atoms with Crippen LogP contribution < -0.4 is 10.6 Å². The second kappa shape index (κ2) is 6.72. The monoisotopic (exact) mass is 286 g/mol. The highest BCUT2D eigenvalue weighted by atomic mass is 16.2. The third-order valence-corrected chi connectivity index (χ3v) is 4.03. The summed E-state index contributed by atoms with van der Waals surface area (Å²) in [4.78, 5) is 16.4. The van der Waals surface area contributed by atoms with Crippen molar-refractivity contribution in [3.63, 3.8) is 0 Å². The van der Waals surface area contributed by atoms with E-state index in [-0.39, 0.29) is 11.9 Å². The molecule has 0 spiro atoms. The Bertz CT molecular complexity index is 601. The normalized spacial score (nSPS) is 18.8. The molecule has 0 unspecified atom stereocenters. The molecule has 2 aromatic rings. The van der Waals surface area contributed by atoms with Crippen molar-refractivity contribution < 1.29 is 4.79 Å². The molecule has 1 aliphatic heterocycles. The van der Waals surface area contributed by atoms with Crippen LogP contribution in [0.3, 0.4) is 0 Å². The van der Waals surface area contributed by atoms with E-state index in [0.717, 1.165) is 43.4 Å². The minimum Gasteiger partial charge on any atom is -0.355 e. The van der Waals surface area contributed by atoms with Crippen molar-refractivity contribution >= 4 is 16.9 Å². The Hall–Kier alpha value is -1.88. The smallest absolute Gasteiger partial charge is 0.237 e. The van der Waals surface area contributed by atoms with Gasteiger partial charge in [-0.05, 0) is 37.9 Å². The van der Waals surface area contributed by atoms with Crippen molar-refractivity contribution in [2.45, 2.75) is 38.3 Å². The number of hydrogen-bond donors (Lipinski definition) is 2. The number of amides is 1. The van der Waals surface area contributed by atoms with Crippen LogP contribution in [0.4, 0.5) is 0 Å². The lowest BCUT2D eigenvalue weighted by atomic mass is 10.0. The fraction of sp³-hybridized carbons (Fsp3) is 0.500. The maximum Gasteiger partial charge on any atom is 0.237 e. The van der Waals surface area contributed by atoms with Crippen LogP contribution in [0.15, 0.2) is 30.6 Å². The van der Waals surface area contributed by atoms with Crippen LogP contribution in [0, 0.1) is 0 Å². The van der Waals surface area contributed by atoms with Gasteiger partial charge >= 0.3 is 0 Å². The minimum absolute atomic E-state index is 0.00725. The second-order valence-electron chi connectivity index (χ2n) is 5.57. The van der Waals surface area contributed by atoms with Gasteiger partial charge in [0.15, 0.2) is 0 Å². The summed E-state index contributed by atoms with van der Waals surface area (Å²) in [5, 5.41) is 6.30. The standard InChI is InChI=1S/C16H22N4O/c21-16(14-7-3-4-9-17-14)18-10-5-11-20-12-19-13-6-1-2-8-15(13)20/h1-2,6,8,12,14,17H,3-5,7,9-11H2,(H,18,21)/t14-/m0/s1. The average Bonchev–Trinajstić information content (AvgIpc) is 2.95. The van der Waals surface area contributed by atoms with Gasteiger partial charge in [0, 0.05) is 13.1 Å². The third kappa shape index (κ3) is 3.42. The van der Waals surface area contributed by atoms with E-state index >= 15 is 0 Å². The molecule has 3 rings (SSSR count). The molecular weight excluding hydrogens is 264 g/mol. The van der Waals surface area contributed by atoms with Gasteiger partial charge in [0.2, 0.25) is 5.91 Å². The van der Waals surface area contributed by atoms with Gasteiger partial charge in [-0.3, -0.25) is 4.79 Å². The van der Waals surface area contributed by atoms with Crippen LogP contribution in [0.25, 0.3) is 11.0 Å². The van der Waals surface area contributed by atoms with Crippen molar-refractivity contribution in [3.05, 3.63) is 30.6 Å². The molecule has 2 heterocycles. The van der Waals surface area contributed by atoms with E-state index in [1.807, 2.05) is 24.5 Å². The van der Waals surface area contributed by atoms with Gasteiger partial charge in [-0.1, -0.05) is 18.6 Å². The Balaban J connectivity index is 1.44. The molecule has 1 aromatic carbocycles. The lowest BCUT2D eigenvalue weighted by Crippen LogP contribution is -2.46. The van der Waals surface area contributed by atoms with Crippen LogP contribution in [0.2, 0.25) is 0 Å². The summed E-state index contributed by atoms with van der Waals surface area (Å²) in [6.07, 6.45) is 6.07. The first-order chi connectivity index (χ1) is 10.3. The average molecular weight is 286 g/mol. The summed E-state index contributed by atoms with van der Waals surface area (Å²) in [5.41, 5.74) is 2.17. The molecule has 1 aromatic heterocycles. The highest BCUT2D eigenvalue weighted by Gasteiger charge is 2.19. The molecule has 0 radical (unpaired) electrons.